The molecule has 0 aliphatic heterocycles. The lowest BCUT2D eigenvalue weighted by Gasteiger charge is -2.31. The highest BCUT2D eigenvalue weighted by Crippen LogP contribution is 2.30. The summed E-state index contributed by atoms with van der Waals surface area (Å²) in [6.07, 6.45) is 10.1. The summed E-state index contributed by atoms with van der Waals surface area (Å²) in [6, 6.07) is 2.22. The highest BCUT2D eigenvalue weighted by Gasteiger charge is 2.28. The number of hydrogen-bond acceptors (Lipinski definition) is 7. The van der Waals surface area contributed by atoms with Crippen molar-refractivity contribution in [3.63, 3.8) is 0 Å². The lowest BCUT2D eigenvalue weighted by Crippen LogP contribution is -2.35. The number of carbonyl (C=O) groups is 1. The van der Waals surface area contributed by atoms with Gasteiger partial charge >= 0.3 is 5.97 Å². The molecule has 1 aliphatic carbocycles. The van der Waals surface area contributed by atoms with Crippen molar-refractivity contribution in [2.24, 2.45) is 5.92 Å². The van der Waals surface area contributed by atoms with Crippen molar-refractivity contribution in [3.05, 3.63) is 35.6 Å². The zero-order valence-electron chi connectivity index (χ0n) is 19.4. The van der Waals surface area contributed by atoms with Crippen LogP contribution in [0, 0.1) is 17.2 Å². The topological polar surface area (TPSA) is 79.1 Å². The van der Waals surface area contributed by atoms with E-state index in [0.29, 0.717) is 12.1 Å². The number of carbonyl (C=O) groups excluding carboxylic acids is 1. The molecule has 6 nitrogen and oxygen atoms in total. The summed E-state index contributed by atoms with van der Waals surface area (Å²) in [5.74, 6) is 0.137. The fourth-order valence-corrected chi connectivity index (χ4v) is 3.93. The van der Waals surface area contributed by atoms with E-state index >= 15 is 0 Å². The van der Waals surface area contributed by atoms with E-state index in [2.05, 4.69) is 36.6 Å². The second-order valence-electron chi connectivity index (χ2n) is 8.71. The number of nitrogens with zero attached hydrogens (tertiary/aromatic N) is 4. The number of anilines is 1. The van der Waals surface area contributed by atoms with Gasteiger partial charge in [-0.05, 0) is 46.3 Å². The number of thioether (sulfide) groups is 1. The lowest BCUT2D eigenvalue weighted by atomic mass is 9.95. The van der Waals surface area contributed by atoms with E-state index in [0.717, 1.165) is 54.5 Å². The van der Waals surface area contributed by atoms with E-state index in [4.69, 9.17) is 14.7 Å². The van der Waals surface area contributed by atoms with E-state index in [9.17, 15) is 10.1 Å². The number of allylic oxidation sites excluding steroid dienone is 2. The van der Waals surface area contributed by atoms with Crippen LogP contribution in [0.2, 0.25) is 0 Å². The molecule has 1 aliphatic rings. The molecule has 168 valence electrons. The molecule has 1 aromatic rings. The first-order chi connectivity index (χ1) is 14.7. The molecule has 0 aromatic carbocycles. The SMILES string of the molecule is C=C(C(=O)OC(C)(C)C)C(CC#N)CN(CCC)c1nc(SC)nc2c1CCC=CC2. The van der Waals surface area contributed by atoms with Crippen molar-refractivity contribution in [2.75, 3.05) is 24.2 Å². The maximum absolute atomic E-state index is 12.6. The van der Waals surface area contributed by atoms with Crippen LogP contribution >= 0.6 is 11.8 Å². The third-order valence-electron chi connectivity index (χ3n) is 5.00. The van der Waals surface area contributed by atoms with Crippen molar-refractivity contribution in [1.29, 1.82) is 5.26 Å². The van der Waals surface area contributed by atoms with Crippen LogP contribution in [0.15, 0.2) is 29.5 Å². The summed E-state index contributed by atoms with van der Waals surface area (Å²) >= 11 is 1.53. The van der Waals surface area contributed by atoms with E-state index < -0.39 is 11.6 Å². The lowest BCUT2D eigenvalue weighted by molar-refractivity contribution is -0.150. The standard InChI is InChI=1S/C24H34N4O2S/c1-7-15-28(16-18(13-14-25)17(2)22(29)30-24(3,4)5)21-19-11-9-8-10-12-20(19)26-23(27-21)31-6/h8,10,18H,2,7,9,11-13,15-16H2,1,3-6H3. The molecule has 1 aromatic heterocycles. The molecule has 0 saturated carbocycles. The van der Waals surface area contributed by atoms with Gasteiger partial charge in [-0.3, -0.25) is 0 Å². The molecule has 0 amide bonds. The number of hydrogen-bond donors (Lipinski definition) is 0. The van der Waals surface area contributed by atoms with E-state index in [1.165, 1.54) is 11.8 Å². The zero-order chi connectivity index (χ0) is 23.0. The van der Waals surface area contributed by atoms with Crippen LogP contribution in [-0.2, 0) is 22.4 Å². The quantitative estimate of drug-likeness (QED) is 0.177. The van der Waals surface area contributed by atoms with E-state index in [1.807, 2.05) is 27.0 Å². The Morgan fingerprint density at radius 1 is 1.39 bits per heavy atom. The van der Waals surface area contributed by atoms with Crippen LogP contribution in [-0.4, -0.2) is 40.9 Å². The molecule has 7 heteroatoms. The molecule has 0 saturated heterocycles. The summed E-state index contributed by atoms with van der Waals surface area (Å²) in [5, 5.41) is 10.2. The van der Waals surface area contributed by atoms with Gasteiger partial charge in [-0.2, -0.15) is 5.26 Å². The van der Waals surface area contributed by atoms with Crippen molar-refractivity contribution in [1.82, 2.24) is 9.97 Å². The Labute approximate surface area is 190 Å². The Morgan fingerprint density at radius 2 is 2.13 bits per heavy atom. The summed E-state index contributed by atoms with van der Waals surface area (Å²) in [6.45, 7) is 12.9. The van der Waals surface area contributed by atoms with Gasteiger partial charge in [0.2, 0.25) is 0 Å². The molecular weight excluding hydrogens is 408 g/mol. The summed E-state index contributed by atoms with van der Waals surface area (Å²) < 4.78 is 5.51. The van der Waals surface area contributed by atoms with Crippen molar-refractivity contribution >= 4 is 23.5 Å². The number of nitriles is 1. The predicted molar refractivity (Wildman–Crippen MR) is 126 cm³/mol. The van der Waals surface area contributed by atoms with Gasteiger partial charge in [-0.1, -0.05) is 37.4 Å². The van der Waals surface area contributed by atoms with Crippen LogP contribution < -0.4 is 4.90 Å². The van der Waals surface area contributed by atoms with Gasteiger partial charge in [0.05, 0.1) is 11.8 Å². The molecule has 0 radical (unpaired) electrons. The van der Waals surface area contributed by atoms with E-state index in [-0.39, 0.29) is 12.3 Å². The Hall–Kier alpha value is -2.33. The molecule has 1 heterocycles. The first kappa shape index (κ1) is 24.9. The van der Waals surface area contributed by atoms with Crippen LogP contribution in [0.25, 0.3) is 0 Å². The number of fused-ring (bicyclic) bond motifs is 1. The predicted octanol–water partition coefficient (Wildman–Crippen LogP) is 4.89. The monoisotopic (exact) mass is 442 g/mol. The Kier molecular flexibility index (Phi) is 9.12. The fourth-order valence-electron chi connectivity index (χ4n) is 3.55. The van der Waals surface area contributed by atoms with Gasteiger partial charge < -0.3 is 9.64 Å². The normalized spacial score (nSPS) is 14.2. The number of esters is 1. The van der Waals surface area contributed by atoms with Gasteiger partial charge in [0.15, 0.2) is 5.16 Å². The number of aromatic nitrogens is 2. The van der Waals surface area contributed by atoms with Crippen LogP contribution in [0.4, 0.5) is 5.82 Å². The second kappa shape index (κ2) is 11.3. The van der Waals surface area contributed by atoms with Gasteiger partial charge in [-0.25, -0.2) is 14.8 Å². The molecule has 2 rings (SSSR count). The van der Waals surface area contributed by atoms with Crippen LogP contribution in [0.3, 0.4) is 0 Å². The summed E-state index contributed by atoms with van der Waals surface area (Å²) in [5.41, 5.74) is 1.95. The van der Waals surface area contributed by atoms with Crippen molar-refractivity contribution in [3.8, 4) is 6.07 Å². The Balaban J connectivity index is 2.39. The van der Waals surface area contributed by atoms with Gasteiger partial charge in [0.1, 0.15) is 11.4 Å². The highest BCUT2D eigenvalue weighted by molar-refractivity contribution is 7.98. The van der Waals surface area contributed by atoms with Crippen LogP contribution in [0.1, 0.15) is 58.2 Å². The Bertz CT molecular complexity index is 868. The fraction of sp³-hybridized carbons (Fsp3) is 0.583. The van der Waals surface area contributed by atoms with Crippen molar-refractivity contribution in [2.45, 2.75) is 70.6 Å². The molecule has 0 fully saturated rings. The maximum Gasteiger partial charge on any atom is 0.334 e. The third kappa shape index (κ3) is 7.10. The van der Waals surface area contributed by atoms with Gasteiger partial charge in [0, 0.05) is 43.0 Å². The molecular formula is C24H34N4O2S. The van der Waals surface area contributed by atoms with E-state index in [1.54, 1.807) is 0 Å². The maximum atomic E-state index is 12.6. The minimum absolute atomic E-state index is 0.197. The Morgan fingerprint density at radius 3 is 2.74 bits per heavy atom. The highest BCUT2D eigenvalue weighted by atomic mass is 32.2. The summed E-state index contributed by atoms with van der Waals surface area (Å²) in [7, 11) is 0. The minimum atomic E-state index is -0.607. The largest absolute Gasteiger partial charge is 0.457 e. The molecule has 1 unspecified atom stereocenters. The first-order valence-corrected chi connectivity index (χ1v) is 12.0. The molecule has 31 heavy (non-hydrogen) atoms. The average molecular weight is 443 g/mol. The molecule has 0 bridgehead atoms. The second-order valence-corrected chi connectivity index (χ2v) is 9.48. The van der Waals surface area contributed by atoms with Crippen LogP contribution in [0.5, 0.6) is 0 Å². The summed E-state index contributed by atoms with van der Waals surface area (Å²) in [4.78, 5) is 24.4. The molecule has 0 spiro atoms. The first-order valence-electron chi connectivity index (χ1n) is 10.8. The molecule has 1 atom stereocenters. The zero-order valence-corrected chi connectivity index (χ0v) is 20.2. The smallest absolute Gasteiger partial charge is 0.334 e. The van der Waals surface area contributed by atoms with Gasteiger partial charge in [0.25, 0.3) is 0 Å². The average Bonchev–Trinajstić information content (AvgIpc) is 2.95. The number of rotatable bonds is 9. The van der Waals surface area contributed by atoms with Crippen molar-refractivity contribution < 1.29 is 9.53 Å². The minimum Gasteiger partial charge on any atom is -0.457 e. The third-order valence-corrected chi connectivity index (χ3v) is 5.54. The number of ether oxygens (including phenoxy) is 1. The van der Waals surface area contributed by atoms with Gasteiger partial charge in [-0.15, -0.1) is 0 Å². The molecule has 0 N–H and O–H groups in total.